The van der Waals surface area contributed by atoms with Crippen molar-refractivity contribution in [1.29, 1.82) is 0 Å². The molecule has 0 spiro atoms. The van der Waals surface area contributed by atoms with Crippen LogP contribution in [-0.2, 0) is 0 Å². The lowest BCUT2D eigenvalue weighted by Crippen LogP contribution is -2.03. The van der Waals surface area contributed by atoms with Crippen molar-refractivity contribution in [3.05, 3.63) is 65.3 Å². The van der Waals surface area contributed by atoms with Crippen LogP contribution in [0.2, 0.25) is 5.02 Å². The van der Waals surface area contributed by atoms with Gasteiger partial charge >= 0.3 is 0 Å². The van der Waals surface area contributed by atoms with Gasteiger partial charge in [-0.05, 0) is 36.4 Å². The first-order valence-electron chi connectivity index (χ1n) is 7.21. The molecule has 2 aromatic carbocycles. The zero-order valence-corrected chi connectivity index (χ0v) is 13.8. The van der Waals surface area contributed by atoms with Crippen LogP contribution < -0.4 is 15.4 Å². The van der Waals surface area contributed by atoms with E-state index in [0.29, 0.717) is 22.3 Å². The van der Waals surface area contributed by atoms with Gasteiger partial charge < -0.3 is 15.4 Å². The molecule has 0 radical (unpaired) electrons. The van der Waals surface area contributed by atoms with Gasteiger partial charge in [-0.2, -0.15) is 4.98 Å². The van der Waals surface area contributed by atoms with Gasteiger partial charge in [0, 0.05) is 11.9 Å². The number of aromatic nitrogens is 2. The Bertz CT molecular complexity index is 887. The molecule has 3 aromatic rings. The van der Waals surface area contributed by atoms with Gasteiger partial charge in [0.25, 0.3) is 0 Å². The maximum absolute atomic E-state index is 13.7. The Labute approximate surface area is 147 Å². The van der Waals surface area contributed by atoms with Crippen molar-refractivity contribution in [2.45, 2.75) is 0 Å². The van der Waals surface area contributed by atoms with Gasteiger partial charge in [0.1, 0.15) is 28.9 Å². The van der Waals surface area contributed by atoms with Crippen LogP contribution in [0.15, 0.2) is 48.7 Å². The van der Waals surface area contributed by atoms with Crippen LogP contribution in [0, 0.1) is 11.6 Å². The number of nitrogens with zero attached hydrogens (tertiary/aromatic N) is 2. The average Bonchev–Trinajstić information content (AvgIpc) is 2.59. The molecule has 2 N–H and O–H groups in total. The van der Waals surface area contributed by atoms with Gasteiger partial charge in [-0.1, -0.05) is 17.7 Å². The van der Waals surface area contributed by atoms with Crippen LogP contribution in [0.3, 0.4) is 0 Å². The van der Waals surface area contributed by atoms with E-state index in [4.69, 9.17) is 16.3 Å². The predicted molar refractivity (Wildman–Crippen MR) is 93.0 cm³/mol. The number of nitrogens with one attached hydrogen (secondary N) is 2. The monoisotopic (exact) mass is 362 g/mol. The third-order valence-electron chi connectivity index (χ3n) is 3.28. The van der Waals surface area contributed by atoms with Gasteiger partial charge in [0.05, 0.1) is 12.1 Å². The molecule has 3 rings (SSSR count). The molecule has 0 aliphatic heterocycles. The van der Waals surface area contributed by atoms with E-state index in [1.807, 2.05) is 0 Å². The fourth-order valence-electron chi connectivity index (χ4n) is 2.11. The molecule has 1 aromatic heterocycles. The van der Waals surface area contributed by atoms with E-state index >= 15 is 0 Å². The second-order valence-corrected chi connectivity index (χ2v) is 5.37. The molecule has 0 fully saturated rings. The fraction of sp³-hybridized carbons (Fsp3) is 0.0588. The number of hydrogen-bond acceptors (Lipinski definition) is 5. The lowest BCUT2D eigenvalue weighted by Gasteiger charge is -2.10. The normalized spacial score (nSPS) is 10.4. The lowest BCUT2D eigenvalue weighted by molar-refractivity contribution is 0.415. The molecule has 0 aliphatic rings. The molecule has 0 unspecified atom stereocenters. The molecular weight excluding hydrogens is 350 g/mol. The van der Waals surface area contributed by atoms with Crippen LogP contribution in [0.25, 0.3) is 0 Å². The first-order valence-corrected chi connectivity index (χ1v) is 7.59. The highest BCUT2D eigenvalue weighted by molar-refractivity contribution is 6.32. The third kappa shape index (κ3) is 3.95. The zero-order chi connectivity index (χ0) is 17.8. The van der Waals surface area contributed by atoms with E-state index in [2.05, 4.69) is 20.6 Å². The molecule has 5 nitrogen and oxygen atoms in total. The average molecular weight is 363 g/mol. The molecule has 0 saturated heterocycles. The molecule has 0 saturated carbocycles. The highest BCUT2D eigenvalue weighted by Gasteiger charge is 2.10. The molecule has 25 heavy (non-hydrogen) atoms. The van der Waals surface area contributed by atoms with Crippen LogP contribution in [0.1, 0.15) is 0 Å². The summed E-state index contributed by atoms with van der Waals surface area (Å²) in [4.78, 5) is 8.14. The van der Waals surface area contributed by atoms with Gasteiger partial charge in [0.2, 0.25) is 5.95 Å². The van der Waals surface area contributed by atoms with E-state index < -0.39 is 11.6 Å². The van der Waals surface area contributed by atoms with Gasteiger partial charge in [-0.15, -0.1) is 0 Å². The Balaban J connectivity index is 1.81. The molecule has 8 heteroatoms. The van der Waals surface area contributed by atoms with Crippen molar-refractivity contribution in [3.63, 3.8) is 0 Å². The summed E-state index contributed by atoms with van der Waals surface area (Å²) >= 11 is 6.08. The Morgan fingerprint density at radius 2 is 1.80 bits per heavy atom. The number of para-hydroxylation sites is 1. The van der Waals surface area contributed by atoms with Crippen molar-refractivity contribution in [3.8, 4) is 5.75 Å². The number of halogens is 3. The van der Waals surface area contributed by atoms with E-state index in [-0.39, 0.29) is 11.6 Å². The molecule has 0 aliphatic carbocycles. The zero-order valence-electron chi connectivity index (χ0n) is 13.1. The maximum Gasteiger partial charge on any atom is 0.229 e. The number of hydrogen-bond donors (Lipinski definition) is 2. The Kier molecular flexibility index (Phi) is 4.95. The summed E-state index contributed by atoms with van der Waals surface area (Å²) in [6.07, 6.45) is 1.46. The van der Waals surface area contributed by atoms with Crippen LogP contribution >= 0.6 is 11.6 Å². The Morgan fingerprint density at radius 1 is 1.04 bits per heavy atom. The summed E-state index contributed by atoms with van der Waals surface area (Å²) in [6.45, 7) is 0. The van der Waals surface area contributed by atoms with Crippen LogP contribution in [0.4, 0.5) is 31.9 Å². The summed E-state index contributed by atoms with van der Waals surface area (Å²) in [5.74, 6) is -0.441. The minimum Gasteiger partial charge on any atom is -0.495 e. The predicted octanol–water partition coefficient (Wildman–Crippen LogP) is 4.90. The Hall–Kier alpha value is -2.93. The Morgan fingerprint density at radius 3 is 2.48 bits per heavy atom. The second kappa shape index (κ2) is 7.31. The highest BCUT2D eigenvalue weighted by Crippen LogP contribution is 2.29. The van der Waals surface area contributed by atoms with Crippen LogP contribution in [-0.4, -0.2) is 17.1 Å². The van der Waals surface area contributed by atoms with Crippen molar-refractivity contribution in [1.82, 2.24) is 9.97 Å². The van der Waals surface area contributed by atoms with Crippen molar-refractivity contribution in [2.24, 2.45) is 0 Å². The summed E-state index contributed by atoms with van der Waals surface area (Å²) < 4.78 is 32.5. The largest absolute Gasteiger partial charge is 0.495 e. The first-order chi connectivity index (χ1) is 12.1. The summed E-state index contributed by atoms with van der Waals surface area (Å²) in [7, 11) is 1.53. The van der Waals surface area contributed by atoms with Crippen molar-refractivity contribution in [2.75, 3.05) is 17.7 Å². The maximum atomic E-state index is 13.7. The smallest absolute Gasteiger partial charge is 0.229 e. The van der Waals surface area contributed by atoms with Gasteiger partial charge in [-0.3, -0.25) is 0 Å². The quantitative estimate of drug-likeness (QED) is 0.675. The van der Waals surface area contributed by atoms with E-state index in [1.165, 1.54) is 19.4 Å². The fourth-order valence-corrected chi connectivity index (χ4v) is 2.37. The molecule has 0 bridgehead atoms. The number of methoxy groups -OCH3 is 1. The summed E-state index contributed by atoms with van der Waals surface area (Å²) in [6, 6.07) is 10.3. The third-order valence-corrected chi connectivity index (χ3v) is 3.57. The van der Waals surface area contributed by atoms with E-state index in [0.717, 1.165) is 12.1 Å². The number of rotatable bonds is 5. The minimum absolute atomic E-state index is 0.0496. The van der Waals surface area contributed by atoms with Gasteiger partial charge in [0.15, 0.2) is 0 Å². The van der Waals surface area contributed by atoms with Crippen molar-refractivity contribution >= 4 is 34.7 Å². The lowest BCUT2D eigenvalue weighted by atomic mass is 10.3. The second-order valence-electron chi connectivity index (χ2n) is 4.96. The molecule has 1 heterocycles. The molecule has 0 amide bonds. The summed E-state index contributed by atoms with van der Waals surface area (Å²) in [5.41, 5.74) is 0.361. The minimum atomic E-state index is -0.733. The molecule has 0 atom stereocenters. The standard InChI is InChI=1S/C17H13ClF2N4O/c1-25-14-6-5-10(9-11(14)18)22-15-7-8-21-17(23-15)24-16-12(19)3-2-4-13(16)20/h2-9H,1H3,(H2,21,22,23,24). The van der Waals surface area contributed by atoms with Gasteiger partial charge in [-0.25, -0.2) is 13.8 Å². The van der Waals surface area contributed by atoms with Crippen LogP contribution in [0.5, 0.6) is 5.75 Å². The number of anilines is 4. The van der Waals surface area contributed by atoms with Crippen molar-refractivity contribution < 1.29 is 13.5 Å². The van der Waals surface area contributed by atoms with E-state index in [1.54, 1.807) is 24.3 Å². The highest BCUT2D eigenvalue weighted by atomic mass is 35.5. The SMILES string of the molecule is COc1ccc(Nc2ccnc(Nc3c(F)cccc3F)n2)cc1Cl. The summed E-state index contributed by atoms with van der Waals surface area (Å²) in [5, 5.41) is 6.01. The number of ether oxygens (including phenoxy) is 1. The topological polar surface area (TPSA) is 59.1 Å². The molecule has 128 valence electrons. The first kappa shape index (κ1) is 16.9. The number of benzene rings is 2. The molecular formula is C17H13ClF2N4O. The van der Waals surface area contributed by atoms with E-state index in [9.17, 15) is 8.78 Å².